The summed E-state index contributed by atoms with van der Waals surface area (Å²) in [6.45, 7) is 3.94. The van der Waals surface area contributed by atoms with Crippen LogP contribution < -0.4 is 10.6 Å². The smallest absolute Gasteiger partial charge is 0.227 e. The van der Waals surface area contributed by atoms with Gasteiger partial charge < -0.3 is 10.6 Å². The predicted octanol–water partition coefficient (Wildman–Crippen LogP) is 2.17. The first-order chi connectivity index (χ1) is 8.83. The van der Waals surface area contributed by atoms with Gasteiger partial charge in [-0.1, -0.05) is 12.1 Å². The van der Waals surface area contributed by atoms with E-state index in [0.717, 1.165) is 30.9 Å². The number of aromatic nitrogens is 2. The standard InChI is InChI=1S/C14H16N4/c1-10-5-8-16-14(17-10)18-13-4-2-3-11-9-15-7-6-12(11)13/h2-5,8,15H,6-7,9H2,1H3,(H,16,17,18). The van der Waals surface area contributed by atoms with Crippen LogP contribution in [0.25, 0.3) is 0 Å². The minimum atomic E-state index is 0.668. The van der Waals surface area contributed by atoms with Gasteiger partial charge in [-0.05, 0) is 43.1 Å². The fourth-order valence-corrected chi connectivity index (χ4v) is 2.28. The van der Waals surface area contributed by atoms with Crippen LogP contribution in [0.1, 0.15) is 16.8 Å². The summed E-state index contributed by atoms with van der Waals surface area (Å²) in [5.74, 6) is 0.668. The lowest BCUT2D eigenvalue weighted by molar-refractivity contribution is 0.645. The first kappa shape index (κ1) is 11.2. The molecule has 0 saturated heterocycles. The highest BCUT2D eigenvalue weighted by Gasteiger charge is 2.12. The number of fused-ring (bicyclic) bond motifs is 1. The average molecular weight is 240 g/mol. The SMILES string of the molecule is Cc1ccnc(Nc2cccc3c2CCNC3)n1. The highest BCUT2D eigenvalue weighted by atomic mass is 15.1. The van der Waals surface area contributed by atoms with Crippen molar-refractivity contribution in [3.05, 3.63) is 47.3 Å². The molecule has 0 fully saturated rings. The minimum Gasteiger partial charge on any atom is -0.324 e. The lowest BCUT2D eigenvalue weighted by Gasteiger charge is -2.20. The minimum absolute atomic E-state index is 0.668. The molecule has 1 aliphatic rings. The summed E-state index contributed by atoms with van der Waals surface area (Å²) in [7, 11) is 0. The zero-order valence-electron chi connectivity index (χ0n) is 10.4. The second-order valence-electron chi connectivity index (χ2n) is 4.52. The number of nitrogens with zero attached hydrogens (tertiary/aromatic N) is 2. The average Bonchev–Trinajstić information content (AvgIpc) is 2.39. The molecular weight excluding hydrogens is 224 g/mol. The van der Waals surface area contributed by atoms with Crippen molar-refractivity contribution in [3.8, 4) is 0 Å². The Balaban J connectivity index is 1.93. The van der Waals surface area contributed by atoms with Gasteiger partial charge in [0, 0.05) is 24.1 Å². The van der Waals surface area contributed by atoms with Crippen LogP contribution in [0.15, 0.2) is 30.5 Å². The zero-order chi connectivity index (χ0) is 12.4. The maximum absolute atomic E-state index is 4.38. The van der Waals surface area contributed by atoms with Gasteiger partial charge in [0.05, 0.1) is 0 Å². The molecule has 0 radical (unpaired) electrons. The van der Waals surface area contributed by atoms with Gasteiger partial charge in [0.2, 0.25) is 5.95 Å². The zero-order valence-corrected chi connectivity index (χ0v) is 10.4. The van der Waals surface area contributed by atoms with E-state index in [1.54, 1.807) is 6.20 Å². The summed E-state index contributed by atoms with van der Waals surface area (Å²) in [6, 6.07) is 8.24. The number of nitrogens with one attached hydrogen (secondary N) is 2. The van der Waals surface area contributed by atoms with Gasteiger partial charge in [0.1, 0.15) is 0 Å². The van der Waals surface area contributed by atoms with E-state index in [9.17, 15) is 0 Å². The molecule has 2 N–H and O–H groups in total. The summed E-state index contributed by atoms with van der Waals surface area (Å²) in [5, 5.41) is 6.70. The van der Waals surface area contributed by atoms with Crippen LogP contribution in [0, 0.1) is 6.92 Å². The van der Waals surface area contributed by atoms with Crippen molar-refractivity contribution in [2.24, 2.45) is 0 Å². The third kappa shape index (κ3) is 2.19. The van der Waals surface area contributed by atoms with Gasteiger partial charge >= 0.3 is 0 Å². The van der Waals surface area contributed by atoms with Gasteiger partial charge in [0.25, 0.3) is 0 Å². The number of rotatable bonds is 2. The first-order valence-corrected chi connectivity index (χ1v) is 6.21. The van der Waals surface area contributed by atoms with Gasteiger partial charge in [0.15, 0.2) is 0 Å². The van der Waals surface area contributed by atoms with Crippen LogP contribution in [0.5, 0.6) is 0 Å². The largest absolute Gasteiger partial charge is 0.324 e. The molecule has 92 valence electrons. The number of benzene rings is 1. The van der Waals surface area contributed by atoms with E-state index in [1.165, 1.54) is 11.1 Å². The Labute approximate surface area is 106 Å². The summed E-state index contributed by atoms with van der Waals surface area (Å²) >= 11 is 0. The van der Waals surface area contributed by atoms with E-state index in [0.29, 0.717) is 5.95 Å². The molecule has 0 amide bonds. The van der Waals surface area contributed by atoms with E-state index < -0.39 is 0 Å². The summed E-state index contributed by atoms with van der Waals surface area (Å²) < 4.78 is 0. The van der Waals surface area contributed by atoms with Crippen LogP contribution in [0.3, 0.4) is 0 Å². The Morgan fingerprint density at radius 1 is 1.28 bits per heavy atom. The molecule has 3 rings (SSSR count). The lowest BCUT2D eigenvalue weighted by Crippen LogP contribution is -2.24. The van der Waals surface area contributed by atoms with Crippen molar-refractivity contribution in [1.29, 1.82) is 0 Å². The fraction of sp³-hybridized carbons (Fsp3) is 0.286. The number of aryl methyl sites for hydroxylation is 1. The Hall–Kier alpha value is -1.94. The molecule has 4 heteroatoms. The monoisotopic (exact) mass is 240 g/mol. The maximum Gasteiger partial charge on any atom is 0.227 e. The molecule has 18 heavy (non-hydrogen) atoms. The van der Waals surface area contributed by atoms with Crippen LogP contribution in [-0.2, 0) is 13.0 Å². The Morgan fingerprint density at radius 2 is 2.22 bits per heavy atom. The molecule has 0 bridgehead atoms. The number of anilines is 2. The van der Waals surface area contributed by atoms with Crippen molar-refractivity contribution in [3.63, 3.8) is 0 Å². The van der Waals surface area contributed by atoms with Crippen molar-refractivity contribution < 1.29 is 0 Å². The second kappa shape index (κ2) is 4.74. The van der Waals surface area contributed by atoms with E-state index in [1.807, 2.05) is 13.0 Å². The molecule has 4 nitrogen and oxygen atoms in total. The molecule has 1 aromatic carbocycles. The highest BCUT2D eigenvalue weighted by Crippen LogP contribution is 2.24. The van der Waals surface area contributed by atoms with Gasteiger partial charge in [-0.15, -0.1) is 0 Å². The second-order valence-corrected chi connectivity index (χ2v) is 4.52. The summed E-state index contributed by atoms with van der Waals surface area (Å²) in [5.41, 5.74) is 4.83. The van der Waals surface area contributed by atoms with Crippen LogP contribution >= 0.6 is 0 Å². The predicted molar refractivity (Wildman–Crippen MR) is 71.9 cm³/mol. The van der Waals surface area contributed by atoms with E-state index in [2.05, 4.69) is 38.8 Å². The van der Waals surface area contributed by atoms with Crippen molar-refractivity contribution in [1.82, 2.24) is 15.3 Å². The normalized spacial score (nSPS) is 14.1. The Kier molecular flexibility index (Phi) is 2.94. The topological polar surface area (TPSA) is 49.8 Å². The summed E-state index contributed by atoms with van der Waals surface area (Å²) in [4.78, 5) is 8.63. The van der Waals surface area contributed by atoms with E-state index in [-0.39, 0.29) is 0 Å². The Morgan fingerprint density at radius 3 is 3.11 bits per heavy atom. The number of hydrogen-bond acceptors (Lipinski definition) is 4. The molecule has 1 aliphatic heterocycles. The molecule has 0 unspecified atom stereocenters. The molecule has 0 saturated carbocycles. The van der Waals surface area contributed by atoms with Gasteiger partial charge in [-0.25, -0.2) is 9.97 Å². The quantitative estimate of drug-likeness (QED) is 0.844. The molecule has 0 aliphatic carbocycles. The van der Waals surface area contributed by atoms with Crippen molar-refractivity contribution >= 4 is 11.6 Å². The van der Waals surface area contributed by atoms with Crippen LogP contribution in [0.2, 0.25) is 0 Å². The van der Waals surface area contributed by atoms with Gasteiger partial charge in [-0.2, -0.15) is 0 Å². The van der Waals surface area contributed by atoms with Crippen molar-refractivity contribution in [2.75, 3.05) is 11.9 Å². The summed E-state index contributed by atoms with van der Waals surface area (Å²) in [6.07, 6.45) is 2.83. The van der Waals surface area contributed by atoms with Crippen LogP contribution in [-0.4, -0.2) is 16.5 Å². The Bertz CT molecular complexity index is 565. The highest BCUT2D eigenvalue weighted by molar-refractivity contribution is 5.61. The molecule has 0 spiro atoms. The molecule has 0 atom stereocenters. The van der Waals surface area contributed by atoms with Gasteiger partial charge in [-0.3, -0.25) is 0 Å². The molecule has 1 aromatic heterocycles. The molecule has 2 aromatic rings. The number of hydrogen-bond donors (Lipinski definition) is 2. The molecular formula is C14H16N4. The third-order valence-electron chi connectivity index (χ3n) is 3.18. The van der Waals surface area contributed by atoms with Crippen molar-refractivity contribution in [2.45, 2.75) is 19.9 Å². The van der Waals surface area contributed by atoms with Crippen LogP contribution in [0.4, 0.5) is 11.6 Å². The van der Waals surface area contributed by atoms with E-state index in [4.69, 9.17) is 0 Å². The lowest BCUT2D eigenvalue weighted by atomic mass is 9.99. The maximum atomic E-state index is 4.38. The first-order valence-electron chi connectivity index (χ1n) is 6.21. The van der Waals surface area contributed by atoms with E-state index >= 15 is 0 Å². The third-order valence-corrected chi connectivity index (χ3v) is 3.18. The fourth-order valence-electron chi connectivity index (χ4n) is 2.28. The molecule has 2 heterocycles.